The van der Waals surface area contributed by atoms with Gasteiger partial charge in [-0.15, -0.1) is 0 Å². The van der Waals surface area contributed by atoms with Crippen LogP contribution in [0.1, 0.15) is 23.1 Å². The monoisotopic (exact) mass is 336 g/mol. The van der Waals surface area contributed by atoms with Crippen LogP contribution in [0, 0.1) is 19.8 Å². The molecular weight excluding hydrogens is 312 g/mol. The van der Waals surface area contributed by atoms with E-state index in [9.17, 15) is 9.59 Å². The van der Waals surface area contributed by atoms with Crippen molar-refractivity contribution in [3.63, 3.8) is 0 Å². The van der Waals surface area contributed by atoms with Gasteiger partial charge in [0.2, 0.25) is 11.8 Å². The molecule has 2 aromatic carbocycles. The van der Waals surface area contributed by atoms with Crippen LogP contribution in [0.2, 0.25) is 0 Å². The molecule has 2 amide bonds. The third-order valence-electron chi connectivity index (χ3n) is 5.01. The van der Waals surface area contributed by atoms with Gasteiger partial charge in [0.25, 0.3) is 0 Å². The Labute approximate surface area is 149 Å². The molecule has 0 saturated carbocycles. The predicted octanol–water partition coefficient (Wildman–Crippen LogP) is 3.31. The number of nitrogens with zero attached hydrogens (tertiary/aromatic N) is 2. The van der Waals surface area contributed by atoms with Crippen LogP contribution in [0.5, 0.6) is 0 Å². The largest absolute Gasteiger partial charge is 0.341 e. The molecule has 0 N–H and O–H groups in total. The number of carbonyl (C=O) groups excluding carboxylic acids is 2. The molecule has 1 unspecified atom stereocenters. The minimum absolute atomic E-state index is 0.0846. The van der Waals surface area contributed by atoms with Gasteiger partial charge in [-0.3, -0.25) is 9.59 Å². The van der Waals surface area contributed by atoms with E-state index in [0.29, 0.717) is 19.5 Å². The first-order valence-corrected chi connectivity index (χ1v) is 8.65. The summed E-state index contributed by atoms with van der Waals surface area (Å²) in [6.45, 7) is 5.18. The maximum absolute atomic E-state index is 12.8. The van der Waals surface area contributed by atoms with E-state index in [1.165, 1.54) is 0 Å². The lowest BCUT2D eigenvalue weighted by atomic mass is 10.1. The van der Waals surface area contributed by atoms with E-state index in [4.69, 9.17) is 0 Å². The molecule has 0 aromatic heterocycles. The molecule has 1 aliphatic heterocycles. The molecule has 2 aromatic rings. The Morgan fingerprint density at radius 1 is 1.12 bits per heavy atom. The maximum Gasteiger partial charge on any atom is 0.239 e. The zero-order valence-electron chi connectivity index (χ0n) is 15.0. The number of rotatable bonds is 4. The van der Waals surface area contributed by atoms with Gasteiger partial charge in [0.15, 0.2) is 0 Å². The Bertz CT molecular complexity index is 786. The van der Waals surface area contributed by atoms with Gasteiger partial charge in [-0.2, -0.15) is 0 Å². The minimum atomic E-state index is -0.575. The van der Waals surface area contributed by atoms with Crippen molar-refractivity contribution < 1.29 is 9.59 Å². The zero-order chi connectivity index (χ0) is 18.0. The molecule has 1 fully saturated rings. The van der Waals surface area contributed by atoms with E-state index < -0.39 is 5.92 Å². The Balaban J connectivity index is 1.73. The van der Waals surface area contributed by atoms with Gasteiger partial charge in [-0.25, -0.2) is 0 Å². The number of benzene rings is 2. The summed E-state index contributed by atoms with van der Waals surface area (Å²) >= 11 is 0. The van der Waals surface area contributed by atoms with E-state index in [0.717, 1.165) is 22.4 Å². The highest BCUT2D eigenvalue weighted by Crippen LogP contribution is 2.30. The molecule has 1 aliphatic rings. The number of carbonyl (C=O) groups is 2. The van der Waals surface area contributed by atoms with Crippen molar-refractivity contribution in [3.8, 4) is 0 Å². The van der Waals surface area contributed by atoms with Crippen molar-refractivity contribution in [2.75, 3.05) is 18.5 Å². The molecular formula is C21H24N2O2. The van der Waals surface area contributed by atoms with Crippen LogP contribution in [-0.2, 0) is 16.1 Å². The molecule has 0 bridgehead atoms. The molecule has 0 radical (unpaired) electrons. The van der Waals surface area contributed by atoms with Crippen LogP contribution in [0.4, 0.5) is 5.69 Å². The second-order valence-corrected chi connectivity index (χ2v) is 6.73. The highest BCUT2D eigenvalue weighted by Gasteiger charge is 2.39. The van der Waals surface area contributed by atoms with Crippen molar-refractivity contribution >= 4 is 17.5 Å². The average Bonchev–Trinajstić information content (AvgIpc) is 2.99. The second-order valence-electron chi connectivity index (χ2n) is 6.73. The van der Waals surface area contributed by atoms with Crippen LogP contribution < -0.4 is 4.90 Å². The number of amides is 2. The summed E-state index contributed by atoms with van der Waals surface area (Å²) in [5.74, 6) is -0.756. The summed E-state index contributed by atoms with van der Waals surface area (Å²) in [6.07, 6.45) is 0.574. The van der Waals surface area contributed by atoms with Gasteiger partial charge in [0.1, 0.15) is 5.92 Å². The number of hydrogen-bond acceptors (Lipinski definition) is 2. The molecule has 0 aliphatic carbocycles. The third-order valence-corrected chi connectivity index (χ3v) is 5.01. The normalized spacial score (nSPS) is 17.0. The summed E-state index contributed by atoms with van der Waals surface area (Å²) < 4.78 is 0. The summed E-state index contributed by atoms with van der Waals surface area (Å²) in [5.41, 5.74) is 4.24. The van der Waals surface area contributed by atoms with Crippen LogP contribution in [0.3, 0.4) is 0 Å². The molecule has 1 heterocycles. The van der Waals surface area contributed by atoms with Gasteiger partial charge >= 0.3 is 0 Å². The average molecular weight is 336 g/mol. The SMILES string of the molecule is Cc1cccc(N2CCC(C(=O)N(C)Cc3ccccc3)C2=O)c1C. The summed E-state index contributed by atoms with van der Waals surface area (Å²) in [4.78, 5) is 29.0. The van der Waals surface area contributed by atoms with E-state index in [1.807, 2.05) is 62.4 Å². The molecule has 130 valence electrons. The van der Waals surface area contributed by atoms with Crippen molar-refractivity contribution in [2.45, 2.75) is 26.8 Å². The van der Waals surface area contributed by atoms with Crippen LogP contribution in [-0.4, -0.2) is 30.3 Å². The Morgan fingerprint density at radius 2 is 1.84 bits per heavy atom. The highest BCUT2D eigenvalue weighted by atomic mass is 16.2. The summed E-state index contributed by atoms with van der Waals surface area (Å²) in [5, 5.41) is 0. The van der Waals surface area contributed by atoms with Gasteiger partial charge < -0.3 is 9.80 Å². The minimum Gasteiger partial charge on any atom is -0.341 e. The molecule has 4 nitrogen and oxygen atoms in total. The van der Waals surface area contributed by atoms with E-state index in [-0.39, 0.29) is 11.8 Å². The standard InChI is InChI=1S/C21H24N2O2/c1-15-8-7-11-19(16(15)2)23-13-12-18(21(23)25)20(24)22(3)14-17-9-5-4-6-10-17/h4-11,18H,12-14H2,1-3H3. The molecule has 0 spiro atoms. The predicted molar refractivity (Wildman–Crippen MR) is 99.3 cm³/mol. The molecule has 1 atom stereocenters. The lowest BCUT2D eigenvalue weighted by Gasteiger charge is -2.22. The first-order valence-electron chi connectivity index (χ1n) is 8.65. The lowest BCUT2D eigenvalue weighted by molar-refractivity contribution is -0.139. The van der Waals surface area contributed by atoms with Gasteiger partial charge in [-0.05, 0) is 43.0 Å². The van der Waals surface area contributed by atoms with Crippen molar-refractivity contribution in [1.82, 2.24) is 4.90 Å². The number of anilines is 1. The summed E-state index contributed by atoms with van der Waals surface area (Å²) in [7, 11) is 1.77. The van der Waals surface area contributed by atoms with Crippen molar-refractivity contribution in [1.29, 1.82) is 0 Å². The smallest absolute Gasteiger partial charge is 0.239 e. The van der Waals surface area contributed by atoms with Gasteiger partial charge in [0, 0.05) is 25.8 Å². The van der Waals surface area contributed by atoms with E-state index in [1.54, 1.807) is 16.8 Å². The highest BCUT2D eigenvalue weighted by molar-refractivity contribution is 6.09. The first-order chi connectivity index (χ1) is 12.0. The summed E-state index contributed by atoms with van der Waals surface area (Å²) in [6, 6.07) is 15.8. The fraction of sp³-hybridized carbons (Fsp3) is 0.333. The van der Waals surface area contributed by atoms with E-state index >= 15 is 0 Å². The van der Waals surface area contributed by atoms with Crippen LogP contribution in [0.15, 0.2) is 48.5 Å². The fourth-order valence-electron chi connectivity index (χ4n) is 3.38. The quantitative estimate of drug-likeness (QED) is 0.804. The Morgan fingerprint density at radius 3 is 2.56 bits per heavy atom. The van der Waals surface area contributed by atoms with Gasteiger partial charge in [-0.1, -0.05) is 42.5 Å². The molecule has 4 heteroatoms. The Kier molecular flexibility index (Phi) is 4.88. The first kappa shape index (κ1) is 17.2. The van der Waals surface area contributed by atoms with Crippen molar-refractivity contribution in [3.05, 3.63) is 65.2 Å². The maximum atomic E-state index is 12.8. The van der Waals surface area contributed by atoms with Crippen LogP contribution >= 0.6 is 0 Å². The topological polar surface area (TPSA) is 40.6 Å². The Hall–Kier alpha value is -2.62. The third kappa shape index (κ3) is 3.43. The van der Waals surface area contributed by atoms with Gasteiger partial charge in [0.05, 0.1) is 0 Å². The second kappa shape index (κ2) is 7.09. The number of aryl methyl sites for hydroxylation is 1. The number of hydrogen-bond donors (Lipinski definition) is 0. The molecule has 1 saturated heterocycles. The van der Waals surface area contributed by atoms with Crippen molar-refractivity contribution in [2.24, 2.45) is 5.92 Å². The van der Waals surface area contributed by atoms with Crippen LogP contribution in [0.25, 0.3) is 0 Å². The lowest BCUT2D eigenvalue weighted by Crippen LogP contribution is -2.38. The fourth-order valence-corrected chi connectivity index (χ4v) is 3.38. The molecule has 25 heavy (non-hydrogen) atoms. The molecule has 3 rings (SSSR count). The zero-order valence-corrected chi connectivity index (χ0v) is 15.0. The van der Waals surface area contributed by atoms with E-state index in [2.05, 4.69) is 0 Å².